The Bertz CT molecular complexity index is 482. The molecule has 1 saturated heterocycles. The number of nitrogens with one attached hydrogen (secondary N) is 1. The van der Waals surface area contributed by atoms with Crippen molar-refractivity contribution in [2.75, 3.05) is 31.5 Å². The average Bonchev–Trinajstić information content (AvgIpc) is 2.42. The van der Waals surface area contributed by atoms with Gasteiger partial charge in [0.1, 0.15) is 0 Å². The number of hydrogen-bond acceptors (Lipinski definition) is 2. The molecule has 0 spiro atoms. The van der Waals surface area contributed by atoms with Gasteiger partial charge in [0.25, 0.3) is 0 Å². The van der Waals surface area contributed by atoms with Crippen molar-refractivity contribution in [3.63, 3.8) is 0 Å². The predicted molar refractivity (Wildman–Crippen MR) is 83.5 cm³/mol. The van der Waals surface area contributed by atoms with E-state index in [2.05, 4.69) is 24.1 Å². The summed E-state index contributed by atoms with van der Waals surface area (Å²) in [7, 11) is 0. The number of rotatable bonds is 2. The Kier molecular flexibility index (Phi) is 4.89. The van der Waals surface area contributed by atoms with E-state index in [0.29, 0.717) is 16.8 Å². The predicted octanol–water partition coefficient (Wildman–Crippen LogP) is 3.21. The van der Waals surface area contributed by atoms with Crippen LogP contribution in [0.25, 0.3) is 0 Å². The van der Waals surface area contributed by atoms with Crippen molar-refractivity contribution in [3.05, 3.63) is 28.8 Å². The van der Waals surface area contributed by atoms with Gasteiger partial charge in [-0.25, -0.2) is 4.79 Å². The number of urea groups is 1. The summed E-state index contributed by atoms with van der Waals surface area (Å²) in [5, 5.41) is 3.47. The van der Waals surface area contributed by atoms with Crippen molar-refractivity contribution in [2.45, 2.75) is 26.8 Å². The van der Waals surface area contributed by atoms with Gasteiger partial charge in [0.15, 0.2) is 0 Å². The van der Waals surface area contributed by atoms with Gasteiger partial charge >= 0.3 is 6.03 Å². The Morgan fingerprint density at radius 1 is 1.25 bits per heavy atom. The molecule has 0 bridgehead atoms. The molecule has 20 heavy (non-hydrogen) atoms. The summed E-state index contributed by atoms with van der Waals surface area (Å²) in [5.74, 6) is 0. The van der Waals surface area contributed by atoms with Crippen LogP contribution in [0.3, 0.4) is 0 Å². The third kappa shape index (κ3) is 3.64. The van der Waals surface area contributed by atoms with E-state index in [-0.39, 0.29) is 6.03 Å². The molecule has 0 unspecified atom stereocenters. The molecule has 1 N–H and O–H groups in total. The molecule has 0 atom stereocenters. The molecule has 5 heteroatoms. The smallest absolute Gasteiger partial charge is 0.321 e. The number of amides is 2. The third-order valence-corrected chi connectivity index (χ3v) is 4.01. The van der Waals surface area contributed by atoms with Crippen molar-refractivity contribution in [1.29, 1.82) is 0 Å². The first kappa shape index (κ1) is 15.1. The van der Waals surface area contributed by atoms with Crippen LogP contribution in [0.5, 0.6) is 0 Å². The molecule has 2 rings (SSSR count). The lowest BCUT2D eigenvalue weighted by Crippen LogP contribution is -2.51. The molecule has 1 heterocycles. The number of halogens is 1. The van der Waals surface area contributed by atoms with E-state index in [1.165, 1.54) is 0 Å². The molecule has 110 valence electrons. The molecule has 1 aliphatic rings. The average molecular weight is 296 g/mol. The second-order valence-corrected chi connectivity index (χ2v) is 5.94. The Labute approximate surface area is 125 Å². The maximum Gasteiger partial charge on any atom is 0.321 e. The largest absolute Gasteiger partial charge is 0.322 e. The zero-order valence-corrected chi connectivity index (χ0v) is 13.1. The van der Waals surface area contributed by atoms with E-state index in [4.69, 9.17) is 11.6 Å². The number of piperazine rings is 1. The first-order valence-corrected chi connectivity index (χ1v) is 7.41. The number of benzene rings is 1. The molecule has 1 fully saturated rings. The van der Waals surface area contributed by atoms with Gasteiger partial charge in [-0.2, -0.15) is 0 Å². The standard InChI is InChI=1S/C15H22ClN3O/c1-11(2)18-6-8-19(9-7-18)15(20)17-14-5-4-12(3)10-13(14)16/h4-5,10-11H,6-9H2,1-3H3,(H,17,20). The summed E-state index contributed by atoms with van der Waals surface area (Å²) < 4.78 is 0. The van der Waals surface area contributed by atoms with Crippen molar-refractivity contribution in [2.24, 2.45) is 0 Å². The van der Waals surface area contributed by atoms with Gasteiger partial charge in [-0.05, 0) is 38.5 Å². The summed E-state index contributed by atoms with van der Waals surface area (Å²) in [4.78, 5) is 16.4. The first-order valence-electron chi connectivity index (χ1n) is 7.03. The Morgan fingerprint density at radius 2 is 1.90 bits per heavy atom. The van der Waals surface area contributed by atoms with Crippen molar-refractivity contribution in [3.8, 4) is 0 Å². The lowest BCUT2D eigenvalue weighted by molar-refractivity contribution is 0.125. The van der Waals surface area contributed by atoms with Gasteiger partial charge in [0.05, 0.1) is 10.7 Å². The van der Waals surface area contributed by atoms with Crippen LogP contribution in [0, 0.1) is 6.92 Å². The molecular formula is C15H22ClN3O. The van der Waals surface area contributed by atoms with E-state index in [1.54, 1.807) is 0 Å². The fraction of sp³-hybridized carbons (Fsp3) is 0.533. The molecule has 1 aliphatic heterocycles. The second-order valence-electron chi connectivity index (χ2n) is 5.53. The number of carbonyl (C=O) groups is 1. The topological polar surface area (TPSA) is 35.6 Å². The van der Waals surface area contributed by atoms with Crippen molar-refractivity contribution >= 4 is 23.3 Å². The summed E-state index contributed by atoms with van der Waals surface area (Å²) in [5.41, 5.74) is 1.76. The van der Waals surface area contributed by atoms with E-state index in [1.807, 2.05) is 30.0 Å². The van der Waals surface area contributed by atoms with E-state index >= 15 is 0 Å². The first-order chi connectivity index (χ1) is 9.47. The Morgan fingerprint density at radius 3 is 2.45 bits per heavy atom. The minimum atomic E-state index is -0.0702. The normalized spacial score (nSPS) is 16.6. The number of nitrogens with zero attached hydrogens (tertiary/aromatic N) is 2. The quantitative estimate of drug-likeness (QED) is 0.909. The maximum absolute atomic E-state index is 12.2. The molecular weight excluding hydrogens is 274 g/mol. The monoisotopic (exact) mass is 295 g/mol. The summed E-state index contributed by atoms with van der Waals surface area (Å²) in [6.45, 7) is 9.70. The highest BCUT2D eigenvalue weighted by molar-refractivity contribution is 6.33. The van der Waals surface area contributed by atoms with E-state index < -0.39 is 0 Å². The molecule has 4 nitrogen and oxygen atoms in total. The zero-order valence-electron chi connectivity index (χ0n) is 12.3. The molecule has 1 aromatic rings. The molecule has 0 aromatic heterocycles. The van der Waals surface area contributed by atoms with Gasteiger partial charge in [0, 0.05) is 32.2 Å². The van der Waals surface area contributed by atoms with Gasteiger partial charge in [-0.3, -0.25) is 4.90 Å². The summed E-state index contributed by atoms with van der Waals surface area (Å²) in [6.07, 6.45) is 0. The fourth-order valence-electron chi connectivity index (χ4n) is 2.36. The van der Waals surface area contributed by atoms with Crippen molar-refractivity contribution in [1.82, 2.24) is 9.80 Å². The summed E-state index contributed by atoms with van der Waals surface area (Å²) in [6, 6.07) is 6.11. The SMILES string of the molecule is Cc1ccc(NC(=O)N2CCN(C(C)C)CC2)c(Cl)c1. The number of anilines is 1. The highest BCUT2D eigenvalue weighted by Crippen LogP contribution is 2.23. The second kappa shape index (κ2) is 6.46. The van der Waals surface area contributed by atoms with Crippen LogP contribution in [0.2, 0.25) is 5.02 Å². The van der Waals surface area contributed by atoms with E-state index in [9.17, 15) is 4.79 Å². The van der Waals surface area contributed by atoms with Gasteiger partial charge in [0.2, 0.25) is 0 Å². The fourth-order valence-corrected chi connectivity index (χ4v) is 2.64. The number of aryl methyl sites for hydroxylation is 1. The minimum absolute atomic E-state index is 0.0702. The van der Waals surface area contributed by atoms with E-state index in [0.717, 1.165) is 31.7 Å². The molecule has 1 aromatic carbocycles. The molecule has 0 radical (unpaired) electrons. The van der Waals surface area contributed by atoms with Crippen LogP contribution in [-0.2, 0) is 0 Å². The van der Waals surface area contributed by atoms with Crippen molar-refractivity contribution < 1.29 is 4.79 Å². The zero-order chi connectivity index (χ0) is 14.7. The molecule has 0 aliphatic carbocycles. The van der Waals surface area contributed by atoms with Crippen LogP contribution >= 0.6 is 11.6 Å². The lowest BCUT2D eigenvalue weighted by Gasteiger charge is -2.36. The highest BCUT2D eigenvalue weighted by Gasteiger charge is 2.22. The lowest BCUT2D eigenvalue weighted by atomic mass is 10.2. The molecule has 0 saturated carbocycles. The third-order valence-electron chi connectivity index (χ3n) is 3.70. The van der Waals surface area contributed by atoms with Crippen LogP contribution in [-0.4, -0.2) is 48.1 Å². The van der Waals surface area contributed by atoms with Gasteiger partial charge in [-0.15, -0.1) is 0 Å². The minimum Gasteiger partial charge on any atom is -0.322 e. The summed E-state index contributed by atoms with van der Waals surface area (Å²) >= 11 is 6.14. The Hall–Kier alpha value is -1.26. The van der Waals surface area contributed by atoms with Crippen LogP contribution in [0.4, 0.5) is 10.5 Å². The maximum atomic E-state index is 12.2. The molecule has 2 amide bonds. The van der Waals surface area contributed by atoms with Crippen LogP contribution < -0.4 is 5.32 Å². The van der Waals surface area contributed by atoms with Gasteiger partial charge in [-0.1, -0.05) is 17.7 Å². The van der Waals surface area contributed by atoms with Crippen LogP contribution in [0.15, 0.2) is 18.2 Å². The highest BCUT2D eigenvalue weighted by atomic mass is 35.5. The number of hydrogen-bond donors (Lipinski definition) is 1. The van der Waals surface area contributed by atoms with Gasteiger partial charge < -0.3 is 10.2 Å². The van der Waals surface area contributed by atoms with Crippen LogP contribution in [0.1, 0.15) is 19.4 Å². The Balaban J connectivity index is 1.93. The number of carbonyl (C=O) groups excluding carboxylic acids is 1.